The molecule has 0 amide bonds. The molecular formula is C16H18F3N3O2. The lowest BCUT2D eigenvalue weighted by Crippen LogP contribution is -2.33. The highest BCUT2D eigenvalue weighted by atomic mass is 19.4. The molecule has 1 aliphatic heterocycles. The van der Waals surface area contributed by atoms with E-state index in [2.05, 4.69) is 21.6 Å². The van der Waals surface area contributed by atoms with Gasteiger partial charge in [0, 0.05) is 10.7 Å². The zero-order chi connectivity index (χ0) is 17.3. The summed E-state index contributed by atoms with van der Waals surface area (Å²) >= 11 is 0. The fourth-order valence-electron chi connectivity index (χ4n) is 2.90. The minimum absolute atomic E-state index is 0.169. The third-order valence-corrected chi connectivity index (χ3v) is 4.42. The lowest BCUT2D eigenvalue weighted by molar-refractivity contribution is -0.793. The monoisotopic (exact) mass is 341 g/mol. The first-order valence-electron chi connectivity index (χ1n) is 7.83. The lowest BCUT2D eigenvalue weighted by atomic mass is 9.99. The molecule has 1 saturated heterocycles. The summed E-state index contributed by atoms with van der Waals surface area (Å²) in [5.41, 5.74) is 0.216. The van der Waals surface area contributed by atoms with Crippen LogP contribution in [0.5, 0.6) is 0 Å². The standard InChI is InChI=1S/C16H18F3N3O2/c1-11-6-8-21(9-7-11)10-14-15(22(23)24-20-14)12-2-4-13(5-3-12)16(17,18)19/h2-5,11H,6-10H2,1H3. The van der Waals surface area contributed by atoms with Crippen LogP contribution in [0.3, 0.4) is 0 Å². The van der Waals surface area contributed by atoms with Gasteiger partial charge in [-0.25, -0.2) is 0 Å². The van der Waals surface area contributed by atoms with Crippen molar-refractivity contribution < 1.29 is 22.7 Å². The molecule has 0 bridgehead atoms. The highest BCUT2D eigenvalue weighted by molar-refractivity contribution is 5.59. The van der Waals surface area contributed by atoms with E-state index >= 15 is 0 Å². The average molecular weight is 341 g/mol. The van der Waals surface area contributed by atoms with Gasteiger partial charge in [0.15, 0.2) is 0 Å². The summed E-state index contributed by atoms with van der Waals surface area (Å²) in [5.74, 6) is 0.678. The first-order chi connectivity index (χ1) is 11.3. The Hall–Kier alpha value is -2.09. The molecule has 0 atom stereocenters. The Morgan fingerprint density at radius 3 is 2.46 bits per heavy atom. The predicted molar refractivity (Wildman–Crippen MR) is 79.6 cm³/mol. The van der Waals surface area contributed by atoms with Crippen LogP contribution in [0, 0.1) is 11.1 Å². The maximum Gasteiger partial charge on any atom is 0.416 e. The Labute approximate surface area is 137 Å². The van der Waals surface area contributed by atoms with Crippen LogP contribution in [0.2, 0.25) is 0 Å². The van der Waals surface area contributed by atoms with Gasteiger partial charge >= 0.3 is 6.18 Å². The van der Waals surface area contributed by atoms with E-state index in [1.165, 1.54) is 12.1 Å². The molecule has 1 fully saturated rings. The van der Waals surface area contributed by atoms with Crippen LogP contribution in [0.1, 0.15) is 31.0 Å². The van der Waals surface area contributed by atoms with Crippen LogP contribution in [-0.4, -0.2) is 23.1 Å². The van der Waals surface area contributed by atoms with Gasteiger partial charge in [0.05, 0.1) is 12.1 Å². The molecule has 1 aliphatic rings. The van der Waals surface area contributed by atoms with Crippen molar-refractivity contribution in [2.45, 2.75) is 32.5 Å². The molecule has 130 valence electrons. The number of benzene rings is 1. The van der Waals surface area contributed by atoms with Gasteiger partial charge < -0.3 is 5.21 Å². The van der Waals surface area contributed by atoms with Gasteiger partial charge in [-0.3, -0.25) is 9.53 Å². The summed E-state index contributed by atoms with van der Waals surface area (Å²) in [7, 11) is 0. The number of halogens is 3. The SMILES string of the molecule is CC1CCN(Cc2no[n+]([O-])c2-c2ccc(C(F)(F)F)cc2)CC1. The molecule has 2 heterocycles. The van der Waals surface area contributed by atoms with Crippen molar-refractivity contribution in [3.63, 3.8) is 0 Å². The van der Waals surface area contributed by atoms with Gasteiger partial charge in [0.25, 0.3) is 0 Å². The molecular weight excluding hydrogens is 323 g/mol. The molecule has 24 heavy (non-hydrogen) atoms. The molecule has 8 heteroatoms. The van der Waals surface area contributed by atoms with Crippen molar-refractivity contribution >= 4 is 0 Å². The van der Waals surface area contributed by atoms with E-state index < -0.39 is 11.7 Å². The first kappa shape index (κ1) is 16.8. The van der Waals surface area contributed by atoms with Crippen molar-refractivity contribution in [3.05, 3.63) is 40.7 Å². The lowest BCUT2D eigenvalue weighted by Gasteiger charge is -2.28. The fraction of sp³-hybridized carbons (Fsp3) is 0.500. The number of aromatic nitrogens is 2. The molecule has 2 aromatic rings. The Morgan fingerprint density at radius 1 is 1.25 bits per heavy atom. The van der Waals surface area contributed by atoms with Crippen LogP contribution in [0.4, 0.5) is 13.2 Å². The minimum Gasteiger partial charge on any atom is -0.359 e. The molecule has 1 aromatic heterocycles. The Kier molecular flexibility index (Phi) is 4.49. The summed E-state index contributed by atoms with van der Waals surface area (Å²) in [6, 6.07) is 4.44. The van der Waals surface area contributed by atoms with Crippen molar-refractivity contribution in [1.29, 1.82) is 0 Å². The van der Waals surface area contributed by atoms with Gasteiger partial charge in [0.2, 0.25) is 11.4 Å². The van der Waals surface area contributed by atoms with E-state index in [-0.39, 0.29) is 10.6 Å². The van der Waals surface area contributed by atoms with Crippen molar-refractivity contribution in [2.24, 2.45) is 5.92 Å². The number of piperidine rings is 1. The zero-order valence-electron chi connectivity index (χ0n) is 13.2. The number of hydrogen-bond donors (Lipinski definition) is 0. The average Bonchev–Trinajstić information content (AvgIpc) is 2.89. The third-order valence-electron chi connectivity index (χ3n) is 4.42. The summed E-state index contributed by atoms with van der Waals surface area (Å²) in [5, 5.41) is 15.7. The second kappa shape index (κ2) is 6.43. The Bertz CT molecular complexity index is 690. The Balaban J connectivity index is 1.82. The maximum absolute atomic E-state index is 12.7. The molecule has 0 unspecified atom stereocenters. The normalized spacial score (nSPS) is 17.3. The number of nitrogens with zero attached hydrogens (tertiary/aromatic N) is 3. The molecule has 1 aromatic carbocycles. The number of rotatable bonds is 3. The quantitative estimate of drug-likeness (QED) is 0.805. The van der Waals surface area contributed by atoms with Crippen LogP contribution in [0.15, 0.2) is 28.9 Å². The largest absolute Gasteiger partial charge is 0.416 e. The fourth-order valence-corrected chi connectivity index (χ4v) is 2.90. The van der Waals surface area contributed by atoms with Crippen LogP contribution >= 0.6 is 0 Å². The molecule has 0 aliphatic carbocycles. The van der Waals surface area contributed by atoms with Gasteiger partial charge in [-0.1, -0.05) is 6.92 Å². The van der Waals surface area contributed by atoms with Gasteiger partial charge in [-0.15, -0.1) is 0 Å². The Morgan fingerprint density at radius 2 is 1.88 bits per heavy atom. The number of hydrogen-bond acceptors (Lipinski definition) is 4. The van der Waals surface area contributed by atoms with Gasteiger partial charge in [0.1, 0.15) is 0 Å². The summed E-state index contributed by atoms with van der Waals surface area (Å²) in [6.45, 7) is 4.45. The van der Waals surface area contributed by atoms with Crippen LogP contribution < -0.4 is 4.90 Å². The molecule has 0 N–H and O–H groups in total. The second-order valence-electron chi connectivity index (χ2n) is 6.26. The summed E-state index contributed by atoms with van der Waals surface area (Å²) in [6.07, 6.45) is -2.26. The smallest absolute Gasteiger partial charge is 0.359 e. The molecule has 5 nitrogen and oxygen atoms in total. The number of alkyl halides is 3. The van der Waals surface area contributed by atoms with E-state index in [4.69, 9.17) is 0 Å². The third kappa shape index (κ3) is 3.53. The van der Waals surface area contributed by atoms with E-state index in [1.54, 1.807) is 0 Å². The highest BCUT2D eigenvalue weighted by Crippen LogP contribution is 2.31. The van der Waals surface area contributed by atoms with Crippen LogP contribution in [-0.2, 0) is 12.7 Å². The maximum atomic E-state index is 12.7. The van der Waals surface area contributed by atoms with E-state index in [0.29, 0.717) is 23.7 Å². The molecule has 0 saturated carbocycles. The minimum atomic E-state index is -4.41. The van der Waals surface area contributed by atoms with E-state index in [1.807, 2.05) is 0 Å². The van der Waals surface area contributed by atoms with Crippen molar-refractivity contribution in [3.8, 4) is 11.3 Å². The van der Waals surface area contributed by atoms with Gasteiger partial charge in [-0.2, -0.15) is 13.2 Å². The van der Waals surface area contributed by atoms with E-state index in [9.17, 15) is 18.4 Å². The predicted octanol–water partition coefficient (Wildman–Crippen LogP) is 3.23. The molecule has 0 spiro atoms. The summed E-state index contributed by atoms with van der Waals surface area (Å²) in [4.78, 5) is 2.43. The van der Waals surface area contributed by atoms with Gasteiger partial charge in [-0.05, 0) is 61.0 Å². The van der Waals surface area contributed by atoms with Crippen molar-refractivity contribution in [2.75, 3.05) is 13.1 Å². The topological polar surface area (TPSA) is 56.2 Å². The second-order valence-corrected chi connectivity index (χ2v) is 6.26. The van der Waals surface area contributed by atoms with Crippen molar-refractivity contribution in [1.82, 2.24) is 10.1 Å². The molecule has 3 rings (SSSR count). The molecule has 0 radical (unpaired) electrons. The number of likely N-dealkylation sites (tertiary alicyclic amines) is 1. The first-order valence-corrected chi connectivity index (χ1v) is 7.83. The highest BCUT2D eigenvalue weighted by Gasteiger charge is 2.31. The summed E-state index contributed by atoms with van der Waals surface area (Å²) < 4.78 is 42.6. The van der Waals surface area contributed by atoms with Crippen LogP contribution in [0.25, 0.3) is 11.3 Å². The van der Waals surface area contributed by atoms with E-state index in [0.717, 1.165) is 38.1 Å². The zero-order valence-corrected chi connectivity index (χ0v) is 13.2.